The van der Waals surface area contributed by atoms with Gasteiger partial charge in [-0.25, -0.2) is 4.79 Å². The Morgan fingerprint density at radius 1 is 0.914 bits per heavy atom. The van der Waals surface area contributed by atoms with Crippen molar-refractivity contribution in [2.75, 3.05) is 0 Å². The first kappa shape index (κ1) is 22.0. The maximum Gasteiger partial charge on any atom is 0.328 e. The van der Waals surface area contributed by atoms with Gasteiger partial charge in [0.15, 0.2) is 0 Å². The van der Waals surface area contributed by atoms with Gasteiger partial charge in [0.05, 0.1) is 4.92 Å². The number of nitro groups is 1. The first-order valence-electron chi connectivity index (χ1n) is 10.8. The van der Waals surface area contributed by atoms with Gasteiger partial charge >= 0.3 is 6.03 Å². The lowest BCUT2D eigenvalue weighted by Crippen LogP contribution is -2.32. The smallest absolute Gasteiger partial charge is 0.328 e. The van der Waals surface area contributed by atoms with Gasteiger partial charge in [0.2, 0.25) is 11.7 Å². The summed E-state index contributed by atoms with van der Waals surface area (Å²) in [5.74, 6) is -0.225. The van der Waals surface area contributed by atoms with Crippen LogP contribution in [-0.2, 0) is 17.9 Å². The lowest BCUT2D eigenvalue weighted by Gasteiger charge is -2.22. The topological polar surface area (TPSA) is 123 Å². The highest BCUT2D eigenvalue weighted by Crippen LogP contribution is 2.33. The molecule has 0 radical (unpaired) electrons. The highest BCUT2D eigenvalue weighted by molar-refractivity contribution is 6.04. The third-order valence-corrected chi connectivity index (χ3v) is 5.68. The van der Waals surface area contributed by atoms with Crippen molar-refractivity contribution < 1.29 is 19.0 Å². The Labute approximate surface area is 199 Å². The van der Waals surface area contributed by atoms with Gasteiger partial charge in [-0.05, 0) is 11.1 Å². The molecule has 0 N–H and O–H groups in total. The molecule has 0 saturated carbocycles. The van der Waals surface area contributed by atoms with Gasteiger partial charge in [0, 0.05) is 24.2 Å². The summed E-state index contributed by atoms with van der Waals surface area (Å²) in [6, 6.07) is 23.1. The molecule has 1 aliphatic heterocycles. The lowest BCUT2D eigenvalue weighted by atomic mass is 10.1. The Morgan fingerprint density at radius 3 is 2.34 bits per heavy atom. The number of imide groups is 1. The Balaban J connectivity index is 1.42. The minimum absolute atomic E-state index is 0.0431. The number of hydrogen-bond donors (Lipinski definition) is 0. The predicted molar refractivity (Wildman–Crippen MR) is 124 cm³/mol. The Morgan fingerprint density at radius 2 is 1.63 bits per heavy atom. The zero-order valence-electron chi connectivity index (χ0n) is 18.4. The highest BCUT2D eigenvalue weighted by atomic mass is 16.6. The second-order valence-corrected chi connectivity index (χ2v) is 7.95. The third kappa shape index (κ3) is 4.36. The molecule has 10 nitrogen and oxygen atoms in total. The van der Waals surface area contributed by atoms with E-state index in [9.17, 15) is 19.7 Å². The molecule has 1 aliphatic rings. The maximum absolute atomic E-state index is 13.4. The zero-order chi connectivity index (χ0) is 24.4. The van der Waals surface area contributed by atoms with Crippen LogP contribution in [0.5, 0.6) is 0 Å². The fourth-order valence-electron chi connectivity index (χ4n) is 4.01. The fraction of sp³-hybridized carbons (Fsp3) is 0.120. The number of rotatable bonds is 7. The number of carbonyl (C=O) groups excluding carboxylic acids is 2. The molecule has 35 heavy (non-hydrogen) atoms. The van der Waals surface area contributed by atoms with Crippen LogP contribution >= 0.6 is 0 Å². The number of non-ortho nitro benzene ring substituents is 1. The van der Waals surface area contributed by atoms with Gasteiger partial charge in [-0.2, -0.15) is 4.98 Å². The molecule has 4 aromatic rings. The summed E-state index contributed by atoms with van der Waals surface area (Å²) >= 11 is 0. The number of hydrogen-bond acceptors (Lipinski definition) is 7. The van der Waals surface area contributed by atoms with Crippen molar-refractivity contribution in [3.05, 3.63) is 112 Å². The van der Waals surface area contributed by atoms with Gasteiger partial charge in [0.1, 0.15) is 12.6 Å². The van der Waals surface area contributed by atoms with Gasteiger partial charge in [-0.1, -0.05) is 78.0 Å². The zero-order valence-corrected chi connectivity index (χ0v) is 18.4. The number of nitrogens with zero attached hydrogens (tertiary/aromatic N) is 5. The van der Waals surface area contributed by atoms with Crippen molar-refractivity contribution in [2.24, 2.45) is 0 Å². The molecule has 174 valence electrons. The van der Waals surface area contributed by atoms with Gasteiger partial charge in [-0.3, -0.25) is 19.8 Å². The molecule has 0 bridgehead atoms. The van der Waals surface area contributed by atoms with Crippen LogP contribution in [-0.4, -0.2) is 36.8 Å². The maximum atomic E-state index is 13.4. The molecule has 10 heteroatoms. The Kier molecular flexibility index (Phi) is 5.76. The van der Waals surface area contributed by atoms with E-state index in [0.29, 0.717) is 11.1 Å². The summed E-state index contributed by atoms with van der Waals surface area (Å²) in [7, 11) is 0. The van der Waals surface area contributed by atoms with E-state index in [4.69, 9.17) is 4.52 Å². The second kappa shape index (κ2) is 9.18. The molecule has 0 spiro atoms. The number of amides is 3. The quantitative estimate of drug-likeness (QED) is 0.224. The molecule has 0 aliphatic carbocycles. The largest absolute Gasteiger partial charge is 0.337 e. The van der Waals surface area contributed by atoms with E-state index in [-0.39, 0.29) is 30.5 Å². The van der Waals surface area contributed by atoms with Gasteiger partial charge < -0.3 is 9.42 Å². The van der Waals surface area contributed by atoms with Crippen molar-refractivity contribution in [3.8, 4) is 11.4 Å². The Hall–Kier alpha value is -4.86. The minimum Gasteiger partial charge on any atom is -0.337 e. The van der Waals surface area contributed by atoms with Gasteiger partial charge in [-0.15, -0.1) is 0 Å². The van der Waals surface area contributed by atoms with Gasteiger partial charge in [0.25, 0.3) is 11.6 Å². The fourth-order valence-corrected chi connectivity index (χ4v) is 4.01. The van der Waals surface area contributed by atoms with Crippen molar-refractivity contribution >= 4 is 17.6 Å². The molecule has 1 unspecified atom stereocenters. The van der Waals surface area contributed by atoms with Crippen LogP contribution in [0.1, 0.15) is 23.1 Å². The first-order chi connectivity index (χ1) is 17.0. The first-order valence-corrected chi connectivity index (χ1v) is 10.8. The molecular weight excluding hydrogens is 450 g/mol. The molecular formula is C25H19N5O5. The lowest BCUT2D eigenvalue weighted by molar-refractivity contribution is -0.384. The van der Waals surface area contributed by atoms with E-state index in [1.807, 2.05) is 60.7 Å². The molecule has 5 rings (SSSR count). The number of carbonyl (C=O) groups is 2. The third-order valence-electron chi connectivity index (χ3n) is 5.68. The van der Waals surface area contributed by atoms with E-state index in [0.717, 1.165) is 10.5 Å². The van der Waals surface area contributed by atoms with Crippen molar-refractivity contribution in [2.45, 2.75) is 19.1 Å². The van der Waals surface area contributed by atoms with E-state index < -0.39 is 22.9 Å². The molecule has 1 atom stereocenters. The SMILES string of the molecule is O=C1C(c2ccccc2)N(Cc2ccccc2)C(=O)N1Cc1nc(-c2cccc([N+](=O)[O-])c2)no1. The summed E-state index contributed by atoms with van der Waals surface area (Å²) in [6.07, 6.45) is 0. The van der Waals surface area contributed by atoms with E-state index in [1.165, 1.54) is 23.1 Å². The van der Waals surface area contributed by atoms with E-state index in [2.05, 4.69) is 10.1 Å². The van der Waals surface area contributed by atoms with Crippen LogP contribution in [0.25, 0.3) is 11.4 Å². The second-order valence-electron chi connectivity index (χ2n) is 7.95. The average Bonchev–Trinajstić information content (AvgIpc) is 3.44. The van der Waals surface area contributed by atoms with E-state index in [1.54, 1.807) is 6.07 Å². The molecule has 1 aromatic heterocycles. The number of benzene rings is 3. The summed E-state index contributed by atoms with van der Waals surface area (Å²) in [4.78, 5) is 44.2. The van der Waals surface area contributed by atoms with Crippen LogP contribution in [0.4, 0.5) is 10.5 Å². The summed E-state index contributed by atoms with van der Waals surface area (Å²) in [5.41, 5.74) is 1.87. The van der Waals surface area contributed by atoms with Crippen molar-refractivity contribution in [1.82, 2.24) is 19.9 Å². The summed E-state index contributed by atoms with van der Waals surface area (Å²) in [5, 5.41) is 14.9. The molecule has 2 heterocycles. The van der Waals surface area contributed by atoms with Crippen LogP contribution in [0.2, 0.25) is 0 Å². The van der Waals surface area contributed by atoms with E-state index >= 15 is 0 Å². The standard InChI is InChI=1S/C25H19N5O5/c31-24-22(18-10-5-2-6-11-18)28(15-17-8-3-1-4-9-17)25(32)29(24)16-21-26-23(27-35-21)19-12-7-13-20(14-19)30(33)34/h1-14,22H,15-16H2. The summed E-state index contributed by atoms with van der Waals surface area (Å²) in [6.45, 7) is 0.0401. The molecule has 1 fully saturated rings. The predicted octanol–water partition coefficient (Wildman–Crippen LogP) is 4.35. The number of aromatic nitrogens is 2. The van der Waals surface area contributed by atoms with Crippen molar-refractivity contribution in [3.63, 3.8) is 0 Å². The minimum atomic E-state index is -0.789. The van der Waals surface area contributed by atoms with Crippen molar-refractivity contribution in [1.29, 1.82) is 0 Å². The Bertz CT molecular complexity index is 1390. The molecule has 3 aromatic carbocycles. The van der Waals surface area contributed by atoms with Crippen LogP contribution in [0.3, 0.4) is 0 Å². The summed E-state index contributed by atoms with van der Waals surface area (Å²) < 4.78 is 5.28. The van der Waals surface area contributed by atoms with Crippen LogP contribution in [0, 0.1) is 10.1 Å². The molecule has 3 amide bonds. The average molecular weight is 469 g/mol. The van der Waals surface area contributed by atoms with Crippen LogP contribution < -0.4 is 0 Å². The normalized spacial score (nSPS) is 15.6. The monoisotopic (exact) mass is 469 g/mol. The molecule has 1 saturated heterocycles. The number of nitro benzene ring substituents is 1. The highest BCUT2D eigenvalue weighted by Gasteiger charge is 2.46. The number of urea groups is 1. The van der Waals surface area contributed by atoms with Crippen LogP contribution in [0.15, 0.2) is 89.5 Å².